The number of para-hydroxylation sites is 1. The lowest BCUT2D eigenvalue weighted by molar-refractivity contribution is 0.669. The number of anilines is 3. The van der Waals surface area contributed by atoms with E-state index in [0.717, 1.165) is 39.0 Å². The van der Waals surface area contributed by atoms with Gasteiger partial charge in [0.15, 0.2) is 0 Å². The van der Waals surface area contributed by atoms with Crippen LogP contribution in [0.4, 0.5) is 17.1 Å². The van der Waals surface area contributed by atoms with E-state index in [-0.39, 0.29) is 0 Å². The van der Waals surface area contributed by atoms with Crippen LogP contribution in [0.2, 0.25) is 0 Å². The normalized spacial score (nSPS) is 11.6. The summed E-state index contributed by atoms with van der Waals surface area (Å²) in [6.45, 7) is 0. The van der Waals surface area contributed by atoms with E-state index < -0.39 is 0 Å². The topological polar surface area (TPSA) is 16.4 Å². The van der Waals surface area contributed by atoms with Crippen molar-refractivity contribution in [3.63, 3.8) is 0 Å². The summed E-state index contributed by atoms with van der Waals surface area (Å²) < 4.78 is 6.40. The molecule has 11 rings (SSSR count). The largest absolute Gasteiger partial charge is 0.456 e. The van der Waals surface area contributed by atoms with E-state index in [0.29, 0.717) is 0 Å². The van der Waals surface area contributed by atoms with Crippen LogP contribution in [0.3, 0.4) is 0 Å². The first-order chi connectivity index (χ1) is 27.8. The highest BCUT2D eigenvalue weighted by molar-refractivity contribution is 6.24. The van der Waals surface area contributed by atoms with E-state index in [2.05, 4.69) is 205 Å². The summed E-state index contributed by atoms with van der Waals surface area (Å²) in [5.74, 6) is 0. The lowest BCUT2D eigenvalue weighted by Crippen LogP contribution is -2.10. The predicted octanol–water partition coefficient (Wildman–Crippen LogP) is 15.5. The maximum absolute atomic E-state index is 6.40. The second kappa shape index (κ2) is 13.2. The smallest absolute Gasteiger partial charge is 0.137 e. The predicted molar refractivity (Wildman–Crippen MR) is 237 cm³/mol. The Hall–Kier alpha value is -7.42. The molecular formula is C54H35NO. The Kier molecular flexibility index (Phi) is 7.53. The van der Waals surface area contributed by atoms with E-state index in [4.69, 9.17) is 4.42 Å². The molecule has 262 valence electrons. The Balaban J connectivity index is 1.08. The molecule has 0 spiro atoms. The number of hydrogen-bond acceptors (Lipinski definition) is 2. The molecule has 10 aromatic carbocycles. The fraction of sp³-hybridized carbons (Fsp3) is 0. The number of furan rings is 1. The molecule has 0 aliphatic rings. The van der Waals surface area contributed by atoms with Crippen molar-refractivity contribution in [2.24, 2.45) is 0 Å². The third kappa shape index (κ3) is 5.26. The Morgan fingerprint density at radius 1 is 0.304 bits per heavy atom. The highest BCUT2D eigenvalue weighted by Gasteiger charge is 2.20. The van der Waals surface area contributed by atoms with Crippen LogP contribution in [-0.2, 0) is 0 Å². The molecule has 0 fully saturated rings. The second-order valence-corrected chi connectivity index (χ2v) is 14.4. The quantitative estimate of drug-likeness (QED) is 0.160. The summed E-state index contributed by atoms with van der Waals surface area (Å²) in [6.07, 6.45) is 0. The maximum atomic E-state index is 6.40. The van der Waals surface area contributed by atoms with Crippen molar-refractivity contribution in [3.8, 4) is 33.4 Å². The van der Waals surface area contributed by atoms with E-state index in [1.807, 2.05) is 12.1 Å². The van der Waals surface area contributed by atoms with Gasteiger partial charge in [-0.25, -0.2) is 0 Å². The number of benzene rings is 10. The highest BCUT2D eigenvalue weighted by atomic mass is 16.3. The van der Waals surface area contributed by atoms with Gasteiger partial charge in [-0.05, 0) is 114 Å². The zero-order valence-electron chi connectivity index (χ0n) is 30.6. The average molecular weight is 714 g/mol. The van der Waals surface area contributed by atoms with Crippen molar-refractivity contribution >= 4 is 71.3 Å². The Labute approximate surface area is 325 Å². The Bertz CT molecular complexity index is 3220. The van der Waals surface area contributed by atoms with Crippen LogP contribution >= 0.6 is 0 Å². The van der Waals surface area contributed by atoms with E-state index >= 15 is 0 Å². The first-order valence-corrected chi connectivity index (χ1v) is 19.2. The number of fused-ring (bicyclic) bond motifs is 8. The fourth-order valence-corrected chi connectivity index (χ4v) is 8.66. The third-order valence-electron chi connectivity index (χ3n) is 11.3. The van der Waals surface area contributed by atoms with E-state index in [1.165, 1.54) is 65.7 Å². The molecule has 11 aromatic rings. The standard InChI is InChI=1S/C54H35NO/c1-2-13-36(14-3-1)43-17-8-9-18-44(43)38-25-30-41(31-26-38)55(50-22-12-24-52-54(50)48-21-10-11-23-51(48)56-52)42-32-27-39(28-33-42)49-35-40-16-5-7-20-46(40)53-45-19-6-4-15-37(45)29-34-47(49)53/h1-35H. The summed E-state index contributed by atoms with van der Waals surface area (Å²) in [7, 11) is 0. The molecule has 0 unspecified atom stereocenters. The zero-order valence-corrected chi connectivity index (χ0v) is 30.6. The molecule has 0 atom stereocenters. The van der Waals surface area contributed by atoms with Gasteiger partial charge in [-0.15, -0.1) is 0 Å². The van der Waals surface area contributed by atoms with Gasteiger partial charge in [0, 0.05) is 16.8 Å². The van der Waals surface area contributed by atoms with Gasteiger partial charge in [0.1, 0.15) is 11.2 Å². The molecule has 0 bridgehead atoms. The van der Waals surface area contributed by atoms with Gasteiger partial charge in [-0.3, -0.25) is 0 Å². The molecule has 2 heteroatoms. The van der Waals surface area contributed by atoms with Crippen molar-refractivity contribution in [2.45, 2.75) is 0 Å². The summed E-state index contributed by atoms with van der Waals surface area (Å²) >= 11 is 0. The fourth-order valence-electron chi connectivity index (χ4n) is 8.66. The van der Waals surface area contributed by atoms with Gasteiger partial charge in [0.25, 0.3) is 0 Å². The maximum Gasteiger partial charge on any atom is 0.137 e. The summed E-state index contributed by atoms with van der Waals surface area (Å²) in [4.78, 5) is 2.37. The molecule has 0 aliphatic carbocycles. The van der Waals surface area contributed by atoms with Gasteiger partial charge >= 0.3 is 0 Å². The number of hydrogen-bond donors (Lipinski definition) is 0. The minimum Gasteiger partial charge on any atom is -0.456 e. The molecule has 0 N–H and O–H groups in total. The van der Waals surface area contributed by atoms with Crippen molar-refractivity contribution in [3.05, 3.63) is 212 Å². The summed E-state index contributed by atoms with van der Waals surface area (Å²) in [5, 5.41) is 9.80. The van der Waals surface area contributed by atoms with E-state index in [1.54, 1.807) is 0 Å². The number of nitrogens with zero attached hydrogens (tertiary/aromatic N) is 1. The molecule has 0 amide bonds. The van der Waals surface area contributed by atoms with Crippen molar-refractivity contribution in [2.75, 3.05) is 4.90 Å². The van der Waals surface area contributed by atoms with Crippen LogP contribution in [0.5, 0.6) is 0 Å². The van der Waals surface area contributed by atoms with Crippen molar-refractivity contribution < 1.29 is 4.42 Å². The molecular weight excluding hydrogens is 679 g/mol. The third-order valence-corrected chi connectivity index (χ3v) is 11.3. The molecule has 0 radical (unpaired) electrons. The van der Waals surface area contributed by atoms with Gasteiger partial charge in [0.2, 0.25) is 0 Å². The molecule has 0 aliphatic heterocycles. The lowest BCUT2D eigenvalue weighted by Gasteiger charge is -2.27. The molecule has 0 saturated carbocycles. The van der Waals surface area contributed by atoms with Gasteiger partial charge in [0.05, 0.1) is 11.1 Å². The van der Waals surface area contributed by atoms with Crippen LogP contribution in [0.25, 0.3) is 87.6 Å². The van der Waals surface area contributed by atoms with Crippen molar-refractivity contribution in [1.82, 2.24) is 0 Å². The van der Waals surface area contributed by atoms with Gasteiger partial charge in [-0.2, -0.15) is 0 Å². The molecule has 2 nitrogen and oxygen atoms in total. The highest BCUT2D eigenvalue weighted by Crippen LogP contribution is 2.45. The SMILES string of the molecule is c1ccc(-c2ccccc2-c2ccc(N(c3ccc(-c4cc5ccccc5c5c4ccc4ccccc45)cc3)c3cccc4oc5ccccc5c34)cc2)cc1. The second-order valence-electron chi connectivity index (χ2n) is 14.4. The van der Waals surface area contributed by atoms with Crippen molar-refractivity contribution in [1.29, 1.82) is 0 Å². The minimum atomic E-state index is 0.869. The molecule has 56 heavy (non-hydrogen) atoms. The van der Waals surface area contributed by atoms with Gasteiger partial charge in [-0.1, -0.05) is 164 Å². The lowest BCUT2D eigenvalue weighted by atomic mass is 9.90. The van der Waals surface area contributed by atoms with Crippen LogP contribution in [0, 0.1) is 0 Å². The minimum absolute atomic E-state index is 0.869. The average Bonchev–Trinajstić information content (AvgIpc) is 3.66. The summed E-state index contributed by atoms with van der Waals surface area (Å²) in [6, 6.07) is 76.4. The van der Waals surface area contributed by atoms with E-state index in [9.17, 15) is 0 Å². The zero-order chi connectivity index (χ0) is 37.0. The molecule has 0 saturated heterocycles. The first-order valence-electron chi connectivity index (χ1n) is 19.2. The molecule has 1 heterocycles. The Morgan fingerprint density at radius 3 is 1.55 bits per heavy atom. The Morgan fingerprint density at radius 2 is 0.839 bits per heavy atom. The van der Waals surface area contributed by atoms with Gasteiger partial charge < -0.3 is 9.32 Å². The first kappa shape index (κ1) is 32.0. The van der Waals surface area contributed by atoms with Crippen LogP contribution in [-0.4, -0.2) is 0 Å². The molecule has 1 aromatic heterocycles. The number of rotatable bonds is 6. The van der Waals surface area contributed by atoms with Crippen LogP contribution < -0.4 is 4.90 Å². The monoisotopic (exact) mass is 713 g/mol. The summed E-state index contributed by atoms with van der Waals surface area (Å²) in [5.41, 5.74) is 12.2. The van der Waals surface area contributed by atoms with Crippen LogP contribution in [0.15, 0.2) is 217 Å². The van der Waals surface area contributed by atoms with Crippen LogP contribution in [0.1, 0.15) is 0 Å².